The third-order valence-electron chi connectivity index (χ3n) is 4.43. The molecule has 0 aromatic heterocycles. The lowest BCUT2D eigenvalue weighted by Gasteiger charge is -2.22. The van der Waals surface area contributed by atoms with Crippen molar-refractivity contribution in [1.29, 1.82) is 0 Å². The van der Waals surface area contributed by atoms with Crippen LogP contribution in [0, 0.1) is 0 Å². The van der Waals surface area contributed by atoms with Crippen molar-refractivity contribution in [2.75, 3.05) is 18.6 Å². The molecule has 0 fully saturated rings. The number of carbonyl (C=O) groups is 2. The number of halogens is 1. The summed E-state index contributed by atoms with van der Waals surface area (Å²) in [5.74, 6) is -0.410. The fourth-order valence-electron chi connectivity index (χ4n) is 3.21. The van der Waals surface area contributed by atoms with Crippen molar-refractivity contribution in [2.24, 2.45) is 0 Å². The van der Waals surface area contributed by atoms with Gasteiger partial charge in [-0.05, 0) is 37.3 Å². The monoisotopic (exact) mass is 403 g/mol. The molecule has 6 heteroatoms. The number of amides is 1. The lowest BCUT2D eigenvalue weighted by Crippen LogP contribution is -2.41. The summed E-state index contributed by atoms with van der Waals surface area (Å²) < 4.78 is 5.95. The minimum atomic E-state index is -1.88. The fraction of sp³-hybridized carbons (Fsp3) is 0.263. The van der Waals surface area contributed by atoms with Crippen LogP contribution in [0.25, 0.3) is 0 Å². The summed E-state index contributed by atoms with van der Waals surface area (Å²) >= 11 is 3.37. The Bertz CT molecular complexity index is 851. The number of para-hydroxylation sites is 1. The van der Waals surface area contributed by atoms with E-state index in [9.17, 15) is 14.7 Å². The van der Waals surface area contributed by atoms with E-state index in [0.717, 1.165) is 4.47 Å². The molecule has 0 bridgehead atoms. The summed E-state index contributed by atoms with van der Waals surface area (Å²) in [4.78, 5) is 27.1. The molecule has 0 saturated carbocycles. The van der Waals surface area contributed by atoms with Crippen molar-refractivity contribution in [2.45, 2.75) is 18.9 Å². The first-order chi connectivity index (χ1) is 11.9. The number of anilines is 1. The van der Waals surface area contributed by atoms with Crippen molar-refractivity contribution in [1.82, 2.24) is 0 Å². The van der Waals surface area contributed by atoms with Crippen LogP contribution in [0.3, 0.4) is 0 Å². The third kappa shape index (κ3) is 2.85. The highest BCUT2D eigenvalue weighted by Crippen LogP contribution is 2.44. The minimum absolute atomic E-state index is 0.341. The van der Waals surface area contributed by atoms with Crippen LogP contribution in [0.15, 0.2) is 46.9 Å². The summed E-state index contributed by atoms with van der Waals surface area (Å²) in [6, 6.07) is 12.1. The number of fused-ring (bicyclic) bond motifs is 1. The summed E-state index contributed by atoms with van der Waals surface area (Å²) in [6.07, 6.45) is -0.341. The van der Waals surface area contributed by atoms with Gasteiger partial charge in [0.25, 0.3) is 5.91 Å². The number of hydrogen-bond donors (Lipinski definition) is 1. The SMILES string of the molecule is CCN1C(=O)[C@](O)(CC(=O)c2ccccc2OC)c2cc(Br)ccc21. The Morgan fingerprint density at radius 2 is 2.00 bits per heavy atom. The maximum atomic E-state index is 12.8. The molecule has 5 nitrogen and oxygen atoms in total. The molecule has 1 aliphatic rings. The number of benzene rings is 2. The molecule has 3 rings (SSSR count). The fourth-order valence-corrected chi connectivity index (χ4v) is 3.57. The highest BCUT2D eigenvalue weighted by molar-refractivity contribution is 9.10. The van der Waals surface area contributed by atoms with Gasteiger partial charge in [-0.1, -0.05) is 28.1 Å². The average molecular weight is 404 g/mol. The maximum Gasteiger partial charge on any atom is 0.264 e. The van der Waals surface area contributed by atoms with E-state index < -0.39 is 11.5 Å². The van der Waals surface area contributed by atoms with Gasteiger partial charge in [0.1, 0.15) is 5.75 Å². The number of Topliss-reactive ketones (excluding diaryl/α,β-unsaturated/α-hetero) is 1. The van der Waals surface area contributed by atoms with E-state index in [1.807, 2.05) is 13.0 Å². The molecule has 2 aromatic rings. The van der Waals surface area contributed by atoms with Gasteiger partial charge in [-0.25, -0.2) is 0 Å². The number of aliphatic hydroxyl groups is 1. The molecule has 1 heterocycles. The van der Waals surface area contributed by atoms with Crippen LogP contribution in [0.4, 0.5) is 5.69 Å². The highest BCUT2D eigenvalue weighted by Gasteiger charge is 2.50. The van der Waals surface area contributed by atoms with Crippen LogP contribution < -0.4 is 9.64 Å². The molecule has 0 saturated heterocycles. The molecule has 0 spiro atoms. The Labute approximate surface area is 154 Å². The summed E-state index contributed by atoms with van der Waals surface area (Å²) in [5.41, 5.74) is -0.465. The molecule has 0 unspecified atom stereocenters. The topological polar surface area (TPSA) is 66.8 Å². The Hall–Kier alpha value is -2.18. The predicted octanol–water partition coefficient (Wildman–Crippen LogP) is 3.28. The van der Waals surface area contributed by atoms with Crippen molar-refractivity contribution >= 4 is 33.3 Å². The Kier molecular flexibility index (Phi) is 4.67. The lowest BCUT2D eigenvalue weighted by molar-refractivity contribution is -0.135. The second-order valence-corrected chi connectivity index (χ2v) is 6.79. The molecule has 0 radical (unpaired) electrons. The van der Waals surface area contributed by atoms with Crippen LogP contribution in [0.2, 0.25) is 0 Å². The number of ketones is 1. The first-order valence-corrected chi connectivity index (χ1v) is 8.72. The standard InChI is InChI=1S/C19H18BrNO4/c1-3-21-15-9-8-12(20)10-14(15)19(24,18(21)23)11-16(22)13-6-4-5-7-17(13)25-2/h4-10,24H,3,11H2,1-2H3/t19-/m0/s1. The van der Waals surface area contributed by atoms with E-state index in [1.165, 1.54) is 12.0 Å². The normalized spacial score (nSPS) is 19.0. The van der Waals surface area contributed by atoms with Gasteiger partial charge in [0, 0.05) is 16.6 Å². The summed E-state index contributed by atoms with van der Waals surface area (Å²) in [7, 11) is 1.48. The molecule has 1 aliphatic heterocycles. The van der Waals surface area contributed by atoms with Crippen LogP contribution >= 0.6 is 15.9 Å². The van der Waals surface area contributed by atoms with Crippen molar-refractivity contribution in [3.8, 4) is 5.75 Å². The average Bonchev–Trinajstić information content (AvgIpc) is 2.82. The number of carbonyl (C=O) groups excluding carboxylic acids is 2. The van der Waals surface area contributed by atoms with Gasteiger partial charge in [0.05, 0.1) is 24.8 Å². The van der Waals surface area contributed by atoms with Crippen LogP contribution in [0.1, 0.15) is 29.3 Å². The first kappa shape index (κ1) is 17.6. The molecule has 1 N–H and O–H groups in total. The lowest BCUT2D eigenvalue weighted by atomic mass is 9.88. The largest absolute Gasteiger partial charge is 0.496 e. The van der Waals surface area contributed by atoms with E-state index >= 15 is 0 Å². The zero-order chi connectivity index (χ0) is 18.2. The van der Waals surface area contributed by atoms with E-state index in [4.69, 9.17) is 4.74 Å². The number of likely N-dealkylation sites (N-methyl/N-ethyl adjacent to an activating group) is 1. The molecule has 130 valence electrons. The Morgan fingerprint density at radius 1 is 1.28 bits per heavy atom. The van der Waals surface area contributed by atoms with Crippen molar-refractivity contribution < 1.29 is 19.4 Å². The molecular weight excluding hydrogens is 386 g/mol. The van der Waals surface area contributed by atoms with E-state index in [-0.39, 0.29) is 12.2 Å². The van der Waals surface area contributed by atoms with E-state index in [0.29, 0.717) is 29.1 Å². The van der Waals surface area contributed by atoms with E-state index in [1.54, 1.807) is 36.4 Å². The quantitative estimate of drug-likeness (QED) is 0.777. The highest BCUT2D eigenvalue weighted by atomic mass is 79.9. The van der Waals surface area contributed by atoms with Gasteiger partial charge in [0.15, 0.2) is 11.4 Å². The molecule has 2 aromatic carbocycles. The summed E-state index contributed by atoms with van der Waals surface area (Å²) in [5, 5.41) is 11.2. The second-order valence-electron chi connectivity index (χ2n) is 5.87. The molecule has 0 aliphatic carbocycles. The molecule has 25 heavy (non-hydrogen) atoms. The Morgan fingerprint density at radius 3 is 2.68 bits per heavy atom. The number of nitrogens with zero attached hydrogens (tertiary/aromatic N) is 1. The number of hydrogen-bond acceptors (Lipinski definition) is 4. The van der Waals surface area contributed by atoms with Gasteiger partial charge in [-0.2, -0.15) is 0 Å². The number of rotatable bonds is 5. The molecule has 1 amide bonds. The minimum Gasteiger partial charge on any atom is -0.496 e. The van der Waals surface area contributed by atoms with Gasteiger partial charge in [-0.3, -0.25) is 9.59 Å². The zero-order valence-corrected chi connectivity index (χ0v) is 15.5. The predicted molar refractivity (Wildman–Crippen MR) is 98.0 cm³/mol. The first-order valence-electron chi connectivity index (χ1n) is 7.93. The van der Waals surface area contributed by atoms with Gasteiger partial charge < -0.3 is 14.7 Å². The molecule has 1 atom stereocenters. The zero-order valence-electron chi connectivity index (χ0n) is 14.0. The number of methoxy groups -OCH3 is 1. The molecular formula is C19H18BrNO4. The second kappa shape index (κ2) is 6.61. The van der Waals surface area contributed by atoms with E-state index in [2.05, 4.69) is 15.9 Å². The summed E-state index contributed by atoms with van der Waals surface area (Å²) in [6.45, 7) is 2.25. The van der Waals surface area contributed by atoms with Crippen LogP contribution in [-0.2, 0) is 10.4 Å². The smallest absolute Gasteiger partial charge is 0.264 e. The number of ether oxygens (including phenoxy) is 1. The van der Waals surface area contributed by atoms with Gasteiger partial charge in [0.2, 0.25) is 0 Å². The Balaban J connectivity index is 2.03. The van der Waals surface area contributed by atoms with Crippen LogP contribution in [-0.4, -0.2) is 30.5 Å². The maximum absolute atomic E-state index is 12.8. The third-order valence-corrected chi connectivity index (χ3v) is 4.93. The van der Waals surface area contributed by atoms with Gasteiger partial charge in [-0.15, -0.1) is 0 Å². The van der Waals surface area contributed by atoms with Crippen LogP contribution in [0.5, 0.6) is 5.75 Å². The van der Waals surface area contributed by atoms with Gasteiger partial charge >= 0.3 is 0 Å². The van der Waals surface area contributed by atoms with Crippen molar-refractivity contribution in [3.05, 3.63) is 58.1 Å². The van der Waals surface area contributed by atoms with Crippen molar-refractivity contribution in [3.63, 3.8) is 0 Å².